The number of benzene rings is 1. The quantitative estimate of drug-likeness (QED) is 0.892. The topological polar surface area (TPSA) is 24.9 Å². The van der Waals surface area contributed by atoms with Crippen LogP contribution in [-0.2, 0) is 6.42 Å². The highest BCUT2D eigenvalue weighted by Gasteiger charge is 2.17. The van der Waals surface area contributed by atoms with Crippen LogP contribution in [0.25, 0.3) is 0 Å². The summed E-state index contributed by atoms with van der Waals surface area (Å²) in [6, 6.07) is 9.19. The standard InChI is InChI=1S/C16H22N2S/c1-5-17-15(16-12(3)18-13(4)19-16)10-14-8-6-11(2)7-9-14/h6-9,15,17H,5,10H2,1-4H3. The maximum atomic E-state index is 4.55. The first kappa shape index (κ1) is 14.2. The molecule has 0 fully saturated rings. The largest absolute Gasteiger partial charge is 0.309 e. The molecular weight excluding hydrogens is 252 g/mol. The molecule has 1 atom stereocenters. The third-order valence-electron chi connectivity index (χ3n) is 3.27. The zero-order chi connectivity index (χ0) is 13.8. The van der Waals surface area contributed by atoms with Crippen LogP contribution in [0.3, 0.4) is 0 Å². The van der Waals surface area contributed by atoms with Crippen LogP contribution in [0, 0.1) is 20.8 Å². The van der Waals surface area contributed by atoms with E-state index in [4.69, 9.17) is 0 Å². The minimum atomic E-state index is 0.374. The Kier molecular flexibility index (Phi) is 4.72. The minimum Gasteiger partial charge on any atom is -0.309 e. The summed E-state index contributed by atoms with van der Waals surface area (Å²) in [7, 11) is 0. The summed E-state index contributed by atoms with van der Waals surface area (Å²) >= 11 is 1.81. The Labute approximate surface area is 119 Å². The lowest BCUT2D eigenvalue weighted by Crippen LogP contribution is -2.22. The Morgan fingerprint density at radius 2 is 1.84 bits per heavy atom. The third-order valence-corrected chi connectivity index (χ3v) is 4.45. The van der Waals surface area contributed by atoms with Crippen molar-refractivity contribution in [3.8, 4) is 0 Å². The molecule has 102 valence electrons. The summed E-state index contributed by atoms with van der Waals surface area (Å²) < 4.78 is 0. The van der Waals surface area contributed by atoms with Gasteiger partial charge >= 0.3 is 0 Å². The summed E-state index contributed by atoms with van der Waals surface area (Å²) in [5.41, 5.74) is 3.86. The Hall–Kier alpha value is -1.19. The van der Waals surface area contributed by atoms with Gasteiger partial charge in [0.1, 0.15) is 0 Å². The van der Waals surface area contributed by atoms with Crippen LogP contribution in [0.5, 0.6) is 0 Å². The van der Waals surface area contributed by atoms with E-state index in [2.05, 4.69) is 62.3 Å². The van der Waals surface area contributed by atoms with Gasteiger partial charge in [-0.25, -0.2) is 4.98 Å². The predicted octanol–water partition coefficient (Wildman–Crippen LogP) is 3.96. The zero-order valence-corrected chi connectivity index (χ0v) is 13.0. The number of rotatable bonds is 5. The van der Waals surface area contributed by atoms with Crippen molar-refractivity contribution in [2.45, 2.75) is 40.2 Å². The predicted molar refractivity (Wildman–Crippen MR) is 82.9 cm³/mol. The molecule has 0 spiro atoms. The van der Waals surface area contributed by atoms with Gasteiger partial charge in [-0.05, 0) is 39.3 Å². The van der Waals surface area contributed by atoms with Crippen LogP contribution < -0.4 is 5.32 Å². The summed E-state index contributed by atoms with van der Waals surface area (Å²) in [4.78, 5) is 5.92. The van der Waals surface area contributed by atoms with Crippen LogP contribution in [0.1, 0.15) is 39.7 Å². The van der Waals surface area contributed by atoms with E-state index in [1.807, 2.05) is 11.3 Å². The normalized spacial score (nSPS) is 12.6. The number of thiazole rings is 1. The SMILES string of the molecule is CCNC(Cc1ccc(C)cc1)c1sc(C)nc1C. The van der Waals surface area contributed by atoms with Crippen LogP contribution in [0.4, 0.5) is 0 Å². The van der Waals surface area contributed by atoms with Gasteiger partial charge in [-0.15, -0.1) is 11.3 Å². The molecule has 2 nitrogen and oxygen atoms in total. The van der Waals surface area contributed by atoms with E-state index in [1.54, 1.807) is 0 Å². The van der Waals surface area contributed by atoms with Crippen molar-refractivity contribution in [1.82, 2.24) is 10.3 Å². The number of nitrogens with zero attached hydrogens (tertiary/aromatic N) is 1. The summed E-state index contributed by atoms with van der Waals surface area (Å²) in [6.45, 7) is 9.45. The average molecular weight is 274 g/mol. The smallest absolute Gasteiger partial charge is 0.0900 e. The Balaban J connectivity index is 2.20. The van der Waals surface area contributed by atoms with E-state index in [0.717, 1.165) is 18.0 Å². The molecule has 1 aromatic heterocycles. The second kappa shape index (κ2) is 6.31. The molecule has 19 heavy (non-hydrogen) atoms. The van der Waals surface area contributed by atoms with Gasteiger partial charge in [0.25, 0.3) is 0 Å². The fraction of sp³-hybridized carbons (Fsp3) is 0.438. The lowest BCUT2D eigenvalue weighted by molar-refractivity contribution is 0.555. The maximum Gasteiger partial charge on any atom is 0.0900 e. The highest BCUT2D eigenvalue weighted by molar-refractivity contribution is 7.11. The highest BCUT2D eigenvalue weighted by Crippen LogP contribution is 2.27. The van der Waals surface area contributed by atoms with Gasteiger partial charge in [0, 0.05) is 10.9 Å². The molecule has 0 aliphatic heterocycles. The van der Waals surface area contributed by atoms with Gasteiger partial charge in [-0.2, -0.15) is 0 Å². The summed E-state index contributed by atoms with van der Waals surface area (Å²) in [5, 5.41) is 4.74. The lowest BCUT2D eigenvalue weighted by atomic mass is 10.0. The first-order valence-electron chi connectivity index (χ1n) is 6.83. The van der Waals surface area contributed by atoms with Gasteiger partial charge in [-0.1, -0.05) is 36.8 Å². The number of aryl methyl sites for hydroxylation is 3. The highest BCUT2D eigenvalue weighted by atomic mass is 32.1. The van der Waals surface area contributed by atoms with Gasteiger partial charge in [0.05, 0.1) is 10.7 Å². The van der Waals surface area contributed by atoms with Crippen LogP contribution in [-0.4, -0.2) is 11.5 Å². The molecule has 1 unspecified atom stereocenters. The summed E-state index contributed by atoms with van der Waals surface area (Å²) in [5.74, 6) is 0. The molecule has 1 N–H and O–H groups in total. The van der Waals surface area contributed by atoms with Crippen LogP contribution >= 0.6 is 11.3 Å². The lowest BCUT2D eigenvalue weighted by Gasteiger charge is -2.17. The molecule has 3 heteroatoms. The molecule has 0 saturated carbocycles. The fourth-order valence-electron chi connectivity index (χ4n) is 2.33. The van der Waals surface area contributed by atoms with E-state index >= 15 is 0 Å². The van der Waals surface area contributed by atoms with Gasteiger partial charge in [-0.3, -0.25) is 0 Å². The van der Waals surface area contributed by atoms with Crippen molar-refractivity contribution in [3.63, 3.8) is 0 Å². The Bertz CT molecular complexity index is 528. The fourth-order valence-corrected chi connectivity index (χ4v) is 3.34. The second-order valence-electron chi connectivity index (χ2n) is 4.98. The van der Waals surface area contributed by atoms with Crippen molar-refractivity contribution in [1.29, 1.82) is 0 Å². The number of hydrogen-bond acceptors (Lipinski definition) is 3. The van der Waals surface area contributed by atoms with Crippen molar-refractivity contribution < 1.29 is 0 Å². The summed E-state index contributed by atoms with van der Waals surface area (Å²) in [6.07, 6.45) is 1.02. The zero-order valence-electron chi connectivity index (χ0n) is 12.2. The molecule has 2 aromatic rings. The van der Waals surface area contributed by atoms with Crippen molar-refractivity contribution >= 4 is 11.3 Å². The van der Waals surface area contributed by atoms with E-state index in [9.17, 15) is 0 Å². The van der Waals surface area contributed by atoms with Gasteiger partial charge < -0.3 is 5.32 Å². The molecule has 0 aliphatic rings. The number of hydrogen-bond donors (Lipinski definition) is 1. The van der Waals surface area contributed by atoms with Crippen molar-refractivity contribution in [2.75, 3.05) is 6.54 Å². The second-order valence-corrected chi connectivity index (χ2v) is 6.22. The number of nitrogens with one attached hydrogen (secondary N) is 1. The molecule has 0 radical (unpaired) electrons. The monoisotopic (exact) mass is 274 g/mol. The number of aromatic nitrogens is 1. The molecule has 0 aliphatic carbocycles. The molecule has 1 heterocycles. The van der Waals surface area contributed by atoms with E-state index in [1.165, 1.54) is 21.7 Å². The molecular formula is C16H22N2S. The number of likely N-dealkylation sites (N-methyl/N-ethyl adjacent to an activating group) is 1. The Morgan fingerprint density at radius 1 is 1.16 bits per heavy atom. The molecule has 0 saturated heterocycles. The minimum absolute atomic E-state index is 0.374. The van der Waals surface area contributed by atoms with E-state index in [0.29, 0.717) is 6.04 Å². The van der Waals surface area contributed by atoms with Crippen molar-refractivity contribution in [2.24, 2.45) is 0 Å². The maximum absolute atomic E-state index is 4.55. The first-order valence-corrected chi connectivity index (χ1v) is 7.64. The Morgan fingerprint density at radius 3 is 2.37 bits per heavy atom. The first-order chi connectivity index (χ1) is 9.10. The van der Waals surface area contributed by atoms with Gasteiger partial charge in [0.15, 0.2) is 0 Å². The van der Waals surface area contributed by atoms with Gasteiger partial charge in [0.2, 0.25) is 0 Å². The molecule has 0 bridgehead atoms. The average Bonchev–Trinajstić information content (AvgIpc) is 2.71. The van der Waals surface area contributed by atoms with Crippen molar-refractivity contribution in [3.05, 3.63) is 51.0 Å². The molecule has 0 amide bonds. The molecule has 2 rings (SSSR count). The van der Waals surface area contributed by atoms with Crippen LogP contribution in [0.2, 0.25) is 0 Å². The third kappa shape index (κ3) is 3.64. The van der Waals surface area contributed by atoms with E-state index < -0.39 is 0 Å². The van der Waals surface area contributed by atoms with Crippen LogP contribution in [0.15, 0.2) is 24.3 Å². The van der Waals surface area contributed by atoms with E-state index in [-0.39, 0.29) is 0 Å². The molecule has 1 aromatic carbocycles.